The Hall–Kier alpha value is -4.80. The molecule has 204 valence electrons. The highest BCUT2D eigenvalue weighted by molar-refractivity contribution is 6.03. The number of rotatable bonds is 8. The quantitative estimate of drug-likeness (QED) is 0.273. The Bertz CT molecular complexity index is 1390. The summed E-state index contributed by atoms with van der Waals surface area (Å²) in [6, 6.07) is 5.52. The summed E-state index contributed by atoms with van der Waals surface area (Å²) in [5.41, 5.74) is 0.643. The van der Waals surface area contributed by atoms with Gasteiger partial charge >= 0.3 is 23.9 Å². The van der Waals surface area contributed by atoms with Gasteiger partial charge < -0.3 is 28.5 Å². The smallest absolute Gasteiger partial charge is 0.308 e. The van der Waals surface area contributed by atoms with Gasteiger partial charge in [-0.15, -0.1) is 0 Å². The molecule has 2 aromatic rings. The van der Waals surface area contributed by atoms with E-state index in [0.29, 0.717) is 11.8 Å². The van der Waals surface area contributed by atoms with Crippen LogP contribution >= 0.6 is 0 Å². The number of benzene rings is 2. The molecule has 11 heteroatoms. The average Bonchev–Trinajstić information content (AvgIpc) is 2.81. The van der Waals surface area contributed by atoms with Gasteiger partial charge in [-0.1, -0.05) is 19.1 Å². The molecule has 1 aliphatic rings. The third-order valence-electron chi connectivity index (χ3n) is 5.24. The lowest BCUT2D eigenvalue weighted by Gasteiger charge is -2.28. The number of ether oxygens (including phenoxy) is 5. The molecule has 2 atom stereocenters. The molecule has 0 aromatic heterocycles. The Kier molecular flexibility index (Phi) is 8.97. The molecule has 0 fully saturated rings. The largest absolute Gasteiger partial charge is 0.484 e. The van der Waals surface area contributed by atoms with E-state index in [9.17, 15) is 28.8 Å². The molecular weight excluding hydrogens is 512 g/mol. The molecule has 11 nitrogen and oxygen atoms in total. The number of aldehydes is 1. The molecule has 0 unspecified atom stereocenters. The number of esters is 4. The lowest BCUT2D eigenvalue weighted by molar-refractivity contribution is -0.134. The first-order valence-corrected chi connectivity index (χ1v) is 11.8. The zero-order valence-corrected chi connectivity index (χ0v) is 21.9. The van der Waals surface area contributed by atoms with Crippen molar-refractivity contribution in [2.75, 3.05) is 0 Å². The summed E-state index contributed by atoms with van der Waals surface area (Å²) in [6.45, 7) is 6.32. The van der Waals surface area contributed by atoms with Crippen LogP contribution in [0.15, 0.2) is 30.3 Å². The number of Topliss-reactive ketones (excluding diaryl/α,β-unsaturated/α-hetero) is 1. The van der Waals surface area contributed by atoms with E-state index < -0.39 is 41.7 Å². The predicted octanol–water partition coefficient (Wildman–Crippen LogP) is 3.94. The van der Waals surface area contributed by atoms with Crippen LogP contribution in [0.3, 0.4) is 0 Å². The Morgan fingerprint density at radius 1 is 0.872 bits per heavy atom. The van der Waals surface area contributed by atoms with Gasteiger partial charge in [-0.25, -0.2) is 0 Å². The first-order valence-electron chi connectivity index (χ1n) is 11.8. The maximum atomic E-state index is 13.2. The molecule has 0 saturated heterocycles. The standard InChI is InChI=1S/C28H26O11/c1-14(13-29)6-7-19-8-20(9-26(37-17(4)32)28(19)38-18(5)33)23-12-22(34)27-24(36-16(3)31)10-21(35-15(2)30)11-25(27)39-23/h6-11,13-14,23H,12H2,1-5H3/b7-6+/t14-,23-/m1/s1. The van der Waals surface area contributed by atoms with E-state index >= 15 is 0 Å². The molecule has 0 spiro atoms. The minimum atomic E-state index is -0.931. The first kappa shape index (κ1) is 28.8. The number of hydrogen-bond acceptors (Lipinski definition) is 11. The van der Waals surface area contributed by atoms with Crippen molar-refractivity contribution in [1.82, 2.24) is 0 Å². The fraction of sp³-hybridized carbons (Fsp3) is 0.286. The van der Waals surface area contributed by atoms with Crippen molar-refractivity contribution in [2.24, 2.45) is 5.92 Å². The minimum Gasteiger partial charge on any atom is -0.484 e. The van der Waals surface area contributed by atoms with E-state index in [0.717, 1.165) is 13.8 Å². The molecular formula is C28H26O11. The topological polar surface area (TPSA) is 149 Å². The van der Waals surface area contributed by atoms with Crippen molar-refractivity contribution in [1.29, 1.82) is 0 Å². The van der Waals surface area contributed by atoms with Crippen LogP contribution in [0.2, 0.25) is 0 Å². The number of carbonyl (C=O) groups excluding carboxylic acids is 6. The van der Waals surface area contributed by atoms with Crippen molar-refractivity contribution < 1.29 is 52.5 Å². The van der Waals surface area contributed by atoms with E-state index in [-0.39, 0.29) is 46.3 Å². The van der Waals surface area contributed by atoms with Crippen LogP contribution in [0.1, 0.15) is 68.6 Å². The molecule has 1 aliphatic heterocycles. The highest BCUT2D eigenvalue weighted by Crippen LogP contribution is 2.45. The molecule has 1 heterocycles. The van der Waals surface area contributed by atoms with Crippen molar-refractivity contribution in [2.45, 2.75) is 47.1 Å². The van der Waals surface area contributed by atoms with Crippen molar-refractivity contribution in [3.8, 4) is 28.7 Å². The van der Waals surface area contributed by atoms with Gasteiger partial charge in [-0.05, 0) is 17.7 Å². The van der Waals surface area contributed by atoms with Gasteiger partial charge in [0.25, 0.3) is 0 Å². The molecule has 3 rings (SSSR count). The van der Waals surface area contributed by atoms with Gasteiger partial charge in [-0.3, -0.25) is 24.0 Å². The number of allylic oxidation sites excluding steroid dienone is 1. The van der Waals surface area contributed by atoms with Crippen LogP contribution in [0.5, 0.6) is 28.7 Å². The fourth-order valence-electron chi connectivity index (χ4n) is 3.79. The summed E-state index contributed by atoms with van der Waals surface area (Å²) in [4.78, 5) is 71.2. The average molecular weight is 539 g/mol. The van der Waals surface area contributed by atoms with Crippen LogP contribution in [0, 0.1) is 5.92 Å². The Morgan fingerprint density at radius 2 is 1.49 bits per heavy atom. The number of fused-ring (bicyclic) bond motifs is 1. The summed E-state index contributed by atoms with van der Waals surface area (Å²) in [6.07, 6.45) is 2.65. The summed E-state index contributed by atoms with van der Waals surface area (Å²) < 4.78 is 27.0. The van der Waals surface area contributed by atoms with E-state index in [1.54, 1.807) is 19.1 Å². The van der Waals surface area contributed by atoms with Crippen LogP contribution in [0.4, 0.5) is 0 Å². The zero-order chi connectivity index (χ0) is 28.9. The number of ketones is 1. The van der Waals surface area contributed by atoms with Crippen LogP contribution in [0.25, 0.3) is 6.08 Å². The second-order valence-corrected chi connectivity index (χ2v) is 8.69. The third-order valence-corrected chi connectivity index (χ3v) is 5.24. The summed E-state index contributed by atoms with van der Waals surface area (Å²) in [5, 5.41) is 0. The molecule has 2 aromatic carbocycles. The lowest BCUT2D eigenvalue weighted by Crippen LogP contribution is -2.22. The molecule has 0 bridgehead atoms. The van der Waals surface area contributed by atoms with Crippen LogP contribution in [-0.4, -0.2) is 35.9 Å². The van der Waals surface area contributed by atoms with Gasteiger partial charge in [0.1, 0.15) is 35.2 Å². The molecule has 39 heavy (non-hydrogen) atoms. The summed E-state index contributed by atoms with van der Waals surface area (Å²) >= 11 is 0. The van der Waals surface area contributed by atoms with E-state index in [1.807, 2.05) is 0 Å². The van der Waals surface area contributed by atoms with Gasteiger partial charge in [0.05, 0.1) is 6.42 Å². The Balaban J connectivity index is 2.16. The Morgan fingerprint density at radius 3 is 2.08 bits per heavy atom. The minimum absolute atomic E-state index is 0.00369. The molecule has 0 amide bonds. The zero-order valence-electron chi connectivity index (χ0n) is 21.9. The van der Waals surface area contributed by atoms with Gasteiger partial charge in [0.15, 0.2) is 17.3 Å². The SMILES string of the molecule is CC(=O)Oc1cc(OC(C)=O)c2c(c1)O[C@@H](c1cc(/C=C/[C@@H](C)C=O)c(OC(C)=O)c(OC(C)=O)c1)CC2=O. The number of hydrogen-bond donors (Lipinski definition) is 0. The monoisotopic (exact) mass is 538 g/mol. The lowest BCUT2D eigenvalue weighted by atomic mass is 9.93. The van der Waals surface area contributed by atoms with Crippen molar-refractivity contribution in [3.05, 3.63) is 47.0 Å². The van der Waals surface area contributed by atoms with E-state index in [2.05, 4.69) is 0 Å². The maximum absolute atomic E-state index is 13.2. The van der Waals surface area contributed by atoms with Crippen molar-refractivity contribution >= 4 is 42.0 Å². The number of carbonyl (C=O) groups is 6. The second kappa shape index (κ2) is 12.2. The molecule has 0 radical (unpaired) electrons. The Labute approximate surface area is 223 Å². The third kappa shape index (κ3) is 7.37. The van der Waals surface area contributed by atoms with Gasteiger partial charge in [0, 0.05) is 51.3 Å². The summed E-state index contributed by atoms with van der Waals surface area (Å²) in [7, 11) is 0. The second-order valence-electron chi connectivity index (χ2n) is 8.69. The fourth-order valence-corrected chi connectivity index (χ4v) is 3.79. The van der Waals surface area contributed by atoms with Gasteiger partial charge in [0.2, 0.25) is 0 Å². The van der Waals surface area contributed by atoms with E-state index in [4.69, 9.17) is 23.7 Å². The van der Waals surface area contributed by atoms with Crippen LogP contribution in [-0.2, 0) is 24.0 Å². The van der Waals surface area contributed by atoms with E-state index in [1.165, 1.54) is 38.1 Å². The highest BCUT2D eigenvalue weighted by atomic mass is 16.6. The molecule has 0 N–H and O–H groups in total. The van der Waals surface area contributed by atoms with Crippen molar-refractivity contribution in [3.63, 3.8) is 0 Å². The first-order chi connectivity index (χ1) is 18.4. The molecule has 0 aliphatic carbocycles. The normalized spacial score (nSPS) is 15.0. The van der Waals surface area contributed by atoms with Crippen LogP contribution < -0.4 is 23.7 Å². The summed E-state index contributed by atoms with van der Waals surface area (Å²) in [5.74, 6) is -3.93. The maximum Gasteiger partial charge on any atom is 0.308 e. The molecule has 0 saturated carbocycles. The predicted molar refractivity (Wildman–Crippen MR) is 135 cm³/mol. The highest BCUT2D eigenvalue weighted by Gasteiger charge is 2.33. The van der Waals surface area contributed by atoms with Gasteiger partial charge in [-0.2, -0.15) is 0 Å².